The molecule has 0 aromatic heterocycles. The minimum Gasteiger partial charge on any atom is -0.478 e. The summed E-state index contributed by atoms with van der Waals surface area (Å²) in [6, 6.07) is 6.50. The Bertz CT molecular complexity index is 816. The van der Waals surface area contributed by atoms with Crippen LogP contribution in [0.2, 0.25) is 0 Å². The van der Waals surface area contributed by atoms with Crippen LogP contribution in [0.4, 0.5) is 4.79 Å². The number of carbonyl (C=O) groups excluding carboxylic acids is 1. The van der Waals surface area contributed by atoms with Gasteiger partial charge in [-0.1, -0.05) is 24.6 Å². The Balaban J connectivity index is 0.000000414. The lowest BCUT2D eigenvalue weighted by Crippen LogP contribution is -2.49. The fraction of sp³-hybridized carbons (Fsp3) is 0.542. The van der Waals surface area contributed by atoms with Crippen molar-refractivity contribution >= 4 is 18.0 Å². The van der Waals surface area contributed by atoms with Crippen molar-refractivity contribution in [2.24, 2.45) is 0 Å². The largest absolute Gasteiger partial charge is 0.478 e. The molecule has 9 nitrogen and oxygen atoms in total. The third-order valence-electron chi connectivity index (χ3n) is 5.71. The van der Waals surface area contributed by atoms with Crippen LogP contribution in [0.3, 0.4) is 0 Å². The van der Waals surface area contributed by atoms with Crippen LogP contribution < -0.4 is 0 Å². The second-order valence-electron chi connectivity index (χ2n) is 8.10. The summed E-state index contributed by atoms with van der Waals surface area (Å²) in [4.78, 5) is 34.8. The van der Waals surface area contributed by atoms with Crippen molar-refractivity contribution in [2.45, 2.75) is 45.1 Å². The predicted molar refractivity (Wildman–Crippen MR) is 122 cm³/mol. The third kappa shape index (κ3) is 9.23. The van der Waals surface area contributed by atoms with E-state index in [1.807, 2.05) is 6.92 Å². The van der Waals surface area contributed by atoms with Crippen molar-refractivity contribution in [3.05, 3.63) is 47.0 Å². The fourth-order valence-electron chi connectivity index (χ4n) is 3.96. The van der Waals surface area contributed by atoms with E-state index in [0.717, 1.165) is 25.1 Å². The van der Waals surface area contributed by atoms with Gasteiger partial charge in [0.1, 0.15) is 0 Å². The van der Waals surface area contributed by atoms with Gasteiger partial charge < -0.3 is 25.0 Å². The Labute approximate surface area is 194 Å². The minimum atomic E-state index is -1.26. The lowest BCUT2D eigenvalue weighted by atomic mass is 9.97. The number of hydrogen-bond donors (Lipinski definition) is 3. The molecule has 2 aliphatic rings. The Morgan fingerprint density at radius 2 is 1.58 bits per heavy atom. The molecule has 1 heterocycles. The lowest BCUT2D eigenvalue weighted by Gasteiger charge is -2.35. The molecule has 3 rings (SSSR count). The Hall–Kier alpha value is -2.91. The number of aliphatic carboxylic acids is 2. The second kappa shape index (κ2) is 13.6. The van der Waals surface area contributed by atoms with Crippen LogP contribution in [-0.2, 0) is 27.2 Å². The van der Waals surface area contributed by atoms with Gasteiger partial charge in [-0.15, -0.1) is 0 Å². The van der Waals surface area contributed by atoms with Crippen molar-refractivity contribution in [3.63, 3.8) is 0 Å². The second-order valence-corrected chi connectivity index (χ2v) is 8.10. The van der Waals surface area contributed by atoms with Crippen LogP contribution in [0.5, 0.6) is 0 Å². The number of nitrogens with zero attached hydrogens (tertiary/aromatic N) is 2. The number of fused-ring (bicyclic) bond motifs is 1. The first kappa shape index (κ1) is 26.3. The molecular formula is C24H34N2O7. The molecule has 9 heteroatoms. The maximum atomic E-state index is 11.7. The molecule has 1 unspecified atom stereocenters. The van der Waals surface area contributed by atoms with Gasteiger partial charge in [-0.25, -0.2) is 14.4 Å². The van der Waals surface area contributed by atoms with E-state index in [0.29, 0.717) is 38.4 Å². The van der Waals surface area contributed by atoms with Gasteiger partial charge in [0.05, 0.1) is 12.7 Å². The number of benzene rings is 1. The minimum absolute atomic E-state index is 0.228. The van der Waals surface area contributed by atoms with E-state index >= 15 is 0 Å². The summed E-state index contributed by atoms with van der Waals surface area (Å²) >= 11 is 0. The summed E-state index contributed by atoms with van der Waals surface area (Å²) in [5.74, 6) is -2.51. The van der Waals surface area contributed by atoms with Gasteiger partial charge in [0.25, 0.3) is 0 Å². The molecule has 1 aliphatic heterocycles. The Morgan fingerprint density at radius 1 is 0.970 bits per heavy atom. The highest BCUT2D eigenvalue weighted by Crippen LogP contribution is 2.25. The smallest absolute Gasteiger partial charge is 0.409 e. The van der Waals surface area contributed by atoms with E-state index in [2.05, 4.69) is 23.1 Å². The number of carboxylic acids is 2. The van der Waals surface area contributed by atoms with Crippen LogP contribution in [0.1, 0.15) is 49.0 Å². The molecule has 0 bridgehead atoms. The van der Waals surface area contributed by atoms with Crippen molar-refractivity contribution in [1.29, 1.82) is 0 Å². The monoisotopic (exact) mass is 462 g/mol. The molecule has 33 heavy (non-hydrogen) atoms. The summed E-state index contributed by atoms with van der Waals surface area (Å²) < 4.78 is 5.05. The molecule has 1 atom stereocenters. The first-order valence-electron chi connectivity index (χ1n) is 11.4. The van der Waals surface area contributed by atoms with E-state index in [-0.39, 0.29) is 6.09 Å². The van der Waals surface area contributed by atoms with Crippen LogP contribution in [0, 0.1) is 0 Å². The normalized spacial score (nSPS) is 17.3. The average molecular weight is 463 g/mol. The molecule has 3 N–H and O–H groups in total. The van der Waals surface area contributed by atoms with Crippen LogP contribution >= 0.6 is 0 Å². The number of carboxylic acid groups (broad SMARTS) is 2. The number of amides is 1. The number of β-amino-alcohol motifs (C(OH)–C–C–N with tert-alkyl or cyclic N) is 1. The summed E-state index contributed by atoms with van der Waals surface area (Å²) in [6.45, 7) is 5.74. The molecule has 0 saturated carbocycles. The number of aliphatic hydroxyl groups excluding tert-OH is 1. The van der Waals surface area contributed by atoms with Crippen molar-refractivity contribution in [1.82, 2.24) is 9.80 Å². The predicted octanol–water partition coefficient (Wildman–Crippen LogP) is 2.47. The highest BCUT2D eigenvalue weighted by molar-refractivity contribution is 5.89. The van der Waals surface area contributed by atoms with E-state index < -0.39 is 18.0 Å². The molecule has 1 amide bonds. The molecular weight excluding hydrogens is 428 g/mol. The summed E-state index contributed by atoms with van der Waals surface area (Å²) in [5.41, 5.74) is 3.89. The zero-order valence-electron chi connectivity index (χ0n) is 19.1. The third-order valence-corrected chi connectivity index (χ3v) is 5.71. The molecule has 0 radical (unpaired) electrons. The number of rotatable bonds is 6. The SMILES string of the molecule is CCOC(=O)N1CCN(CC(O)c2ccc3c(c2)CCCCC3)CC1.O=C(O)/C=C/C(=O)O. The number of piperazine rings is 1. The molecule has 1 saturated heterocycles. The highest BCUT2D eigenvalue weighted by Gasteiger charge is 2.24. The first-order chi connectivity index (χ1) is 15.8. The topological polar surface area (TPSA) is 128 Å². The molecule has 1 fully saturated rings. The zero-order chi connectivity index (χ0) is 24.2. The zero-order valence-corrected chi connectivity index (χ0v) is 19.1. The molecule has 1 aromatic rings. The van der Waals surface area contributed by atoms with Gasteiger partial charge in [0, 0.05) is 44.9 Å². The quantitative estimate of drug-likeness (QED) is 0.435. The van der Waals surface area contributed by atoms with Crippen LogP contribution in [0.25, 0.3) is 0 Å². The number of ether oxygens (including phenoxy) is 1. The van der Waals surface area contributed by atoms with Gasteiger partial charge >= 0.3 is 18.0 Å². The van der Waals surface area contributed by atoms with Crippen molar-refractivity contribution in [2.75, 3.05) is 39.3 Å². The number of aryl methyl sites for hydroxylation is 2. The molecule has 182 valence electrons. The van der Waals surface area contributed by atoms with Crippen molar-refractivity contribution < 1.29 is 34.4 Å². The summed E-state index contributed by atoms with van der Waals surface area (Å²) in [6.07, 6.45) is 6.55. The lowest BCUT2D eigenvalue weighted by molar-refractivity contribution is -0.134. The number of aliphatic hydroxyl groups is 1. The van der Waals surface area contributed by atoms with Crippen LogP contribution in [-0.4, -0.2) is 82.5 Å². The van der Waals surface area contributed by atoms with E-state index in [4.69, 9.17) is 14.9 Å². The van der Waals surface area contributed by atoms with E-state index in [1.54, 1.807) is 4.90 Å². The summed E-state index contributed by atoms with van der Waals surface area (Å²) in [5, 5.41) is 26.3. The average Bonchev–Trinajstić information content (AvgIpc) is 3.03. The van der Waals surface area contributed by atoms with E-state index in [1.165, 1.54) is 36.8 Å². The number of hydrogen-bond acceptors (Lipinski definition) is 6. The molecule has 1 aliphatic carbocycles. The van der Waals surface area contributed by atoms with Crippen LogP contribution in [0.15, 0.2) is 30.4 Å². The van der Waals surface area contributed by atoms with Gasteiger partial charge in [0.15, 0.2) is 0 Å². The van der Waals surface area contributed by atoms with Gasteiger partial charge in [-0.3, -0.25) is 4.90 Å². The number of carbonyl (C=O) groups is 3. The van der Waals surface area contributed by atoms with Crippen molar-refractivity contribution in [3.8, 4) is 0 Å². The van der Waals surface area contributed by atoms with Gasteiger partial charge in [0.2, 0.25) is 0 Å². The highest BCUT2D eigenvalue weighted by atomic mass is 16.6. The standard InChI is InChI=1S/C20H30N2O3.C4H4O4/c1-2-25-20(24)22-12-10-21(11-13-22)15-19(23)18-9-8-16-6-4-3-5-7-17(16)14-18;5-3(6)1-2-4(7)8/h8-9,14,19,23H,2-7,10-13,15H2,1H3;1-2H,(H,5,6)(H,7,8)/b;2-1+. The first-order valence-corrected chi connectivity index (χ1v) is 11.4. The van der Waals surface area contributed by atoms with Gasteiger partial charge in [-0.2, -0.15) is 0 Å². The molecule has 0 spiro atoms. The fourth-order valence-corrected chi connectivity index (χ4v) is 3.96. The maximum Gasteiger partial charge on any atom is 0.409 e. The maximum absolute atomic E-state index is 11.7. The molecule has 1 aromatic carbocycles. The van der Waals surface area contributed by atoms with Gasteiger partial charge in [-0.05, 0) is 49.3 Å². The van der Waals surface area contributed by atoms with E-state index in [9.17, 15) is 19.5 Å². The Kier molecular flexibility index (Phi) is 10.9. The summed E-state index contributed by atoms with van der Waals surface area (Å²) in [7, 11) is 0. The Morgan fingerprint density at radius 3 is 2.15 bits per heavy atom.